The van der Waals surface area contributed by atoms with Crippen LogP contribution in [0.1, 0.15) is 11.3 Å². The van der Waals surface area contributed by atoms with Crippen molar-refractivity contribution >= 4 is 15.7 Å². The smallest absolute Gasteiger partial charge is 0.263 e. The summed E-state index contributed by atoms with van der Waals surface area (Å²) in [6.45, 7) is 2.21. The molecule has 0 bridgehead atoms. The summed E-state index contributed by atoms with van der Waals surface area (Å²) < 4.78 is 28.7. The Morgan fingerprint density at radius 1 is 1.32 bits per heavy atom. The van der Waals surface area contributed by atoms with E-state index in [9.17, 15) is 8.42 Å². The first-order valence-electron chi connectivity index (χ1n) is 5.87. The molecule has 0 aliphatic heterocycles. The van der Waals surface area contributed by atoms with Gasteiger partial charge in [-0.05, 0) is 30.7 Å². The van der Waals surface area contributed by atoms with Crippen LogP contribution in [0.2, 0.25) is 0 Å². The SMILES string of the molecule is Cc1cccc(NS(=O)(=O)c2cc(CN)n(C)c2)c1. The maximum absolute atomic E-state index is 12.2. The fourth-order valence-corrected chi connectivity index (χ4v) is 2.99. The zero-order valence-electron chi connectivity index (χ0n) is 10.9. The van der Waals surface area contributed by atoms with E-state index in [2.05, 4.69) is 4.72 Å². The molecule has 2 rings (SSSR count). The summed E-state index contributed by atoms with van der Waals surface area (Å²) >= 11 is 0. The van der Waals surface area contributed by atoms with Crippen LogP contribution in [-0.4, -0.2) is 13.0 Å². The van der Waals surface area contributed by atoms with Crippen LogP contribution in [0.25, 0.3) is 0 Å². The Bertz CT molecular complexity index is 690. The lowest BCUT2D eigenvalue weighted by Gasteiger charge is -2.06. The number of benzene rings is 1. The fraction of sp³-hybridized carbons (Fsp3) is 0.231. The molecular formula is C13H17N3O2S. The number of aromatic nitrogens is 1. The Balaban J connectivity index is 2.32. The molecule has 19 heavy (non-hydrogen) atoms. The average Bonchev–Trinajstić information content (AvgIpc) is 2.71. The number of nitrogens with two attached hydrogens (primary N) is 1. The number of hydrogen-bond donors (Lipinski definition) is 2. The summed E-state index contributed by atoms with van der Waals surface area (Å²) in [5.41, 5.74) is 7.86. The van der Waals surface area contributed by atoms with E-state index in [0.29, 0.717) is 12.2 Å². The Morgan fingerprint density at radius 3 is 2.63 bits per heavy atom. The molecule has 0 saturated heterocycles. The molecular weight excluding hydrogens is 262 g/mol. The summed E-state index contributed by atoms with van der Waals surface area (Å²) in [5.74, 6) is 0. The van der Waals surface area contributed by atoms with Gasteiger partial charge in [0.1, 0.15) is 4.90 Å². The van der Waals surface area contributed by atoms with Gasteiger partial charge in [0.2, 0.25) is 0 Å². The number of nitrogens with one attached hydrogen (secondary N) is 1. The van der Waals surface area contributed by atoms with Crippen LogP contribution in [0.15, 0.2) is 41.4 Å². The van der Waals surface area contributed by atoms with Crippen LogP contribution < -0.4 is 10.5 Å². The third-order valence-corrected chi connectivity index (χ3v) is 4.22. The number of hydrogen-bond acceptors (Lipinski definition) is 3. The monoisotopic (exact) mass is 279 g/mol. The highest BCUT2D eigenvalue weighted by atomic mass is 32.2. The lowest BCUT2D eigenvalue weighted by Crippen LogP contribution is -2.12. The van der Waals surface area contributed by atoms with Gasteiger partial charge in [0.05, 0.1) is 0 Å². The molecule has 5 nitrogen and oxygen atoms in total. The third-order valence-electron chi connectivity index (χ3n) is 2.87. The molecule has 1 aromatic heterocycles. The molecule has 0 spiro atoms. The second-order valence-electron chi connectivity index (χ2n) is 4.46. The van der Waals surface area contributed by atoms with Crippen molar-refractivity contribution in [3.63, 3.8) is 0 Å². The Hall–Kier alpha value is -1.79. The minimum atomic E-state index is -3.57. The maximum Gasteiger partial charge on any atom is 0.263 e. The average molecular weight is 279 g/mol. The van der Waals surface area contributed by atoms with Crippen molar-refractivity contribution in [2.75, 3.05) is 4.72 Å². The second kappa shape index (κ2) is 5.07. The highest BCUT2D eigenvalue weighted by Gasteiger charge is 2.17. The molecule has 2 aromatic rings. The Morgan fingerprint density at radius 2 is 2.05 bits per heavy atom. The van der Waals surface area contributed by atoms with Crippen molar-refractivity contribution in [3.8, 4) is 0 Å². The molecule has 0 unspecified atom stereocenters. The molecule has 0 atom stereocenters. The summed E-state index contributed by atoms with van der Waals surface area (Å²) in [5, 5.41) is 0. The van der Waals surface area contributed by atoms with E-state index in [-0.39, 0.29) is 4.90 Å². The molecule has 0 aliphatic rings. The molecule has 102 valence electrons. The molecule has 1 aromatic carbocycles. The van der Waals surface area contributed by atoms with Gasteiger partial charge < -0.3 is 10.3 Å². The lowest BCUT2D eigenvalue weighted by molar-refractivity contribution is 0.601. The standard InChI is InChI=1S/C13H17N3O2S/c1-10-4-3-5-11(6-10)15-19(17,18)13-7-12(8-14)16(2)9-13/h3-7,9,15H,8,14H2,1-2H3. The number of anilines is 1. The van der Waals surface area contributed by atoms with Crippen molar-refractivity contribution < 1.29 is 8.42 Å². The van der Waals surface area contributed by atoms with Crippen molar-refractivity contribution in [2.45, 2.75) is 18.4 Å². The van der Waals surface area contributed by atoms with E-state index in [4.69, 9.17) is 5.73 Å². The summed E-state index contributed by atoms with van der Waals surface area (Å²) in [6, 6.07) is 8.80. The van der Waals surface area contributed by atoms with Gasteiger partial charge in [0.15, 0.2) is 0 Å². The first-order chi connectivity index (χ1) is 8.92. The molecule has 0 aliphatic carbocycles. The van der Waals surface area contributed by atoms with Gasteiger partial charge in [0, 0.05) is 31.2 Å². The van der Waals surface area contributed by atoms with E-state index < -0.39 is 10.0 Å². The molecule has 0 radical (unpaired) electrons. The van der Waals surface area contributed by atoms with E-state index in [1.165, 1.54) is 0 Å². The highest BCUT2D eigenvalue weighted by Crippen LogP contribution is 2.18. The van der Waals surface area contributed by atoms with Crippen LogP contribution in [-0.2, 0) is 23.6 Å². The number of rotatable bonds is 4. The fourth-order valence-electron chi connectivity index (χ4n) is 1.85. The normalized spacial score (nSPS) is 11.5. The van der Waals surface area contributed by atoms with Crippen LogP contribution in [0.4, 0.5) is 5.69 Å². The quantitative estimate of drug-likeness (QED) is 0.892. The zero-order chi connectivity index (χ0) is 14.0. The van der Waals surface area contributed by atoms with Gasteiger partial charge in [-0.1, -0.05) is 12.1 Å². The van der Waals surface area contributed by atoms with Crippen LogP contribution in [0.3, 0.4) is 0 Å². The van der Waals surface area contributed by atoms with E-state index >= 15 is 0 Å². The highest BCUT2D eigenvalue weighted by molar-refractivity contribution is 7.92. The van der Waals surface area contributed by atoms with E-state index in [1.54, 1.807) is 36.0 Å². The predicted molar refractivity (Wildman–Crippen MR) is 75.3 cm³/mol. The van der Waals surface area contributed by atoms with Crippen molar-refractivity contribution in [1.82, 2.24) is 4.57 Å². The van der Waals surface area contributed by atoms with Gasteiger partial charge in [-0.3, -0.25) is 4.72 Å². The minimum absolute atomic E-state index is 0.219. The Kier molecular flexibility index (Phi) is 3.64. The molecule has 0 amide bonds. The first kappa shape index (κ1) is 13.6. The predicted octanol–water partition coefficient (Wildman–Crippen LogP) is 1.59. The molecule has 3 N–H and O–H groups in total. The van der Waals surface area contributed by atoms with Gasteiger partial charge in [-0.2, -0.15) is 0 Å². The van der Waals surface area contributed by atoms with Crippen molar-refractivity contribution in [1.29, 1.82) is 0 Å². The minimum Gasteiger partial charge on any atom is -0.352 e. The van der Waals surface area contributed by atoms with Crippen molar-refractivity contribution in [2.24, 2.45) is 12.8 Å². The Labute approximate surface area is 113 Å². The lowest BCUT2D eigenvalue weighted by atomic mass is 10.2. The van der Waals surface area contributed by atoms with Gasteiger partial charge >= 0.3 is 0 Å². The maximum atomic E-state index is 12.2. The summed E-state index contributed by atoms with van der Waals surface area (Å²) in [7, 11) is -1.80. The third kappa shape index (κ3) is 2.97. The summed E-state index contributed by atoms with van der Waals surface area (Å²) in [6.07, 6.45) is 1.56. The van der Waals surface area contributed by atoms with Crippen molar-refractivity contribution in [3.05, 3.63) is 47.8 Å². The van der Waals surface area contributed by atoms with Crippen LogP contribution in [0.5, 0.6) is 0 Å². The largest absolute Gasteiger partial charge is 0.352 e. The molecule has 1 heterocycles. The molecule has 0 fully saturated rings. The zero-order valence-corrected chi connectivity index (χ0v) is 11.7. The number of aryl methyl sites for hydroxylation is 2. The van der Waals surface area contributed by atoms with Gasteiger partial charge in [-0.25, -0.2) is 8.42 Å². The first-order valence-corrected chi connectivity index (χ1v) is 7.35. The number of sulfonamides is 1. The van der Waals surface area contributed by atoms with Crippen LogP contribution >= 0.6 is 0 Å². The number of nitrogens with zero attached hydrogens (tertiary/aromatic N) is 1. The summed E-state index contributed by atoms with van der Waals surface area (Å²) in [4.78, 5) is 0.219. The van der Waals surface area contributed by atoms with Gasteiger partial charge in [0.25, 0.3) is 10.0 Å². The molecule has 6 heteroatoms. The van der Waals surface area contributed by atoms with Gasteiger partial charge in [-0.15, -0.1) is 0 Å². The van der Waals surface area contributed by atoms with Crippen LogP contribution in [0, 0.1) is 6.92 Å². The second-order valence-corrected chi connectivity index (χ2v) is 6.14. The topological polar surface area (TPSA) is 77.1 Å². The van der Waals surface area contributed by atoms with E-state index in [1.807, 2.05) is 19.1 Å². The molecule has 0 saturated carbocycles. The van der Waals surface area contributed by atoms with E-state index in [0.717, 1.165) is 11.3 Å².